The second-order valence-electron chi connectivity index (χ2n) is 23.0. The molecule has 1 rings (SSSR count). The molecule has 5 nitrogen and oxygen atoms in total. The quantitative estimate of drug-likeness (QED) is 0.0563. The van der Waals surface area contributed by atoms with E-state index in [0.29, 0.717) is 0 Å². The molecule has 0 aliphatic carbocycles. The van der Waals surface area contributed by atoms with Gasteiger partial charge in [-0.15, -0.1) is 0 Å². The maximum absolute atomic E-state index is 2.92. The molecular weight excluding hydrogens is 839 g/mol. The van der Waals surface area contributed by atoms with Crippen LogP contribution < -0.4 is 0 Å². The van der Waals surface area contributed by atoms with Crippen molar-refractivity contribution in [3.8, 4) is 0 Å². The van der Waals surface area contributed by atoms with Gasteiger partial charge in [-0.25, -0.2) is 0 Å². The Balaban J connectivity index is 2.67. The van der Waals surface area contributed by atoms with Crippen LogP contribution in [0.25, 0.3) is 0 Å². The van der Waals surface area contributed by atoms with Crippen molar-refractivity contribution in [2.75, 3.05) is 98.2 Å². The summed E-state index contributed by atoms with van der Waals surface area (Å²) >= 11 is 0. The maximum atomic E-state index is 2.92. The normalized spacial score (nSPS) is 13.9. The van der Waals surface area contributed by atoms with Crippen molar-refractivity contribution in [2.45, 2.75) is 317 Å². The van der Waals surface area contributed by atoms with Gasteiger partial charge < -0.3 is 14.7 Å². The van der Waals surface area contributed by atoms with E-state index in [9.17, 15) is 0 Å². The van der Waals surface area contributed by atoms with Crippen molar-refractivity contribution in [3.05, 3.63) is 0 Å². The van der Waals surface area contributed by atoms with Crippen molar-refractivity contribution in [2.24, 2.45) is 0 Å². The summed E-state index contributed by atoms with van der Waals surface area (Å²) in [4.78, 5) is 14.3. The summed E-state index contributed by atoms with van der Waals surface area (Å²) in [7, 11) is 0. The van der Waals surface area contributed by atoms with Crippen LogP contribution in [0.3, 0.4) is 0 Å². The molecule has 0 saturated carbocycles. The lowest BCUT2D eigenvalue weighted by Gasteiger charge is -2.37. The number of hydrogen-bond acceptors (Lipinski definition) is 5. The zero-order valence-electron chi connectivity index (χ0n) is 49.0. The Morgan fingerprint density at radius 2 is 0.348 bits per heavy atom. The summed E-state index contributed by atoms with van der Waals surface area (Å²) in [6.07, 6.45) is 63.1. The Hall–Kier alpha value is -0.200. The van der Waals surface area contributed by atoms with Gasteiger partial charge in [-0.05, 0) is 64.8 Å². The molecular formula is C64H133N5. The van der Waals surface area contributed by atoms with Gasteiger partial charge in [0.05, 0.1) is 0 Å². The number of rotatable bonds is 58. The number of unbranched alkanes of at least 4 members (excludes halogenated alkanes) is 39. The Morgan fingerprint density at radius 3 is 0.565 bits per heavy atom. The molecule has 5 heteroatoms. The third-order valence-corrected chi connectivity index (χ3v) is 16.3. The number of nitrogens with zero attached hydrogens (tertiary/aromatic N) is 5. The molecule has 0 amide bonds. The van der Waals surface area contributed by atoms with Crippen molar-refractivity contribution < 1.29 is 0 Å². The van der Waals surface area contributed by atoms with Gasteiger partial charge in [0, 0.05) is 65.4 Å². The van der Waals surface area contributed by atoms with E-state index < -0.39 is 0 Å². The van der Waals surface area contributed by atoms with Crippen LogP contribution in [-0.4, -0.2) is 123 Å². The third-order valence-electron chi connectivity index (χ3n) is 16.3. The molecule has 69 heavy (non-hydrogen) atoms. The Kier molecular flexibility index (Phi) is 53.8. The fraction of sp³-hybridized carbons (Fsp3) is 1.00. The van der Waals surface area contributed by atoms with E-state index in [1.54, 1.807) is 0 Å². The van der Waals surface area contributed by atoms with E-state index in [-0.39, 0.29) is 0 Å². The summed E-state index contributed by atoms with van der Waals surface area (Å²) in [5, 5.41) is 0. The molecule has 1 aliphatic rings. The topological polar surface area (TPSA) is 16.2 Å². The molecule has 0 spiro atoms. The highest BCUT2D eigenvalue weighted by molar-refractivity contribution is 4.76. The highest BCUT2D eigenvalue weighted by atomic mass is 15.3. The SMILES string of the molecule is CCCCCCCCCCCCN(CCCCCCCCCCCC)CCN(CCCCCCCCCCCC)CCN1CCN(CCN(CCCCCC)CCCCCCCCCCCC)CC1. The fourth-order valence-corrected chi connectivity index (χ4v) is 11.1. The molecule has 0 bridgehead atoms. The first-order valence-corrected chi connectivity index (χ1v) is 32.8. The van der Waals surface area contributed by atoms with Crippen LogP contribution in [0.15, 0.2) is 0 Å². The summed E-state index contributed by atoms with van der Waals surface area (Å²) in [5.74, 6) is 0. The average molecular weight is 973 g/mol. The van der Waals surface area contributed by atoms with Gasteiger partial charge in [0.15, 0.2) is 0 Å². The van der Waals surface area contributed by atoms with Crippen molar-refractivity contribution in [3.63, 3.8) is 0 Å². The number of hydrogen-bond donors (Lipinski definition) is 0. The van der Waals surface area contributed by atoms with Crippen LogP contribution in [0.2, 0.25) is 0 Å². The Morgan fingerprint density at radius 1 is 0.188 bits per heavy atom. The molecule has 1 saturated heterocycles. The molecule has 0 aromatic rings. The molecule has 0 aromatic heterocycles. The molecule has 414 valence electrons. The highest BCUT2D eigenvalue weighted by Gasteiger charge is 2.19. The lowest BCUT2D eigenvalue weighted by atomic mass is 10.1. The second kappa shape index (κ2) is 55.5. The van der Waals surface area contributed by atoms with Gasteiger partial charge in [0.2, 0.25) is 0 Å². The standard InChI is InChI=1S/C64H133N5/c1-6-11-16-21-25-29-33-37-41-46-51-65(50-45-20-15-10-5)56-59-68-61-63-69(64-62-68)60-58-67(54-49-44-40-36-32-28-24-19-14-9-4)57-55-66(52-47-42-38-34-30-26-22-17-12-7-2)53-48-43-39-35-31-27-23-18-13-8-3/h6-64H2,1-5H3. The van der Waals surface area contributed by atoms with Gasteiger partial charge in [0.25, 0.3) is 0 Å². The molecule has 1 fully saturated rings. The minimum Gasteiger partial charge on any atom is -0.302 e. The maximum Gasteiger partial charge on any atom is 0.0110 e. The largest absolute Gasteiger partial charge is 0.302 e. The Labute approximate surface area is 438 Å². The second-order valence-corrected chi connectivity index (χ2v) is 23.0. The van der Waals surface area contributed by atoms with E-state index in [2.05, 4.69) is 59.1 Å². The zero-order valence-corrected chi connectivity index (χ0v) is 49.0. The molecule has 0 aromatic carbocycles. The zero-order chi connectivity index (χ0) is 49.6. The summed E-state index contributed by atoms with van der Waals surface area (Å²) in [6, 6.07) is 0. The smallest absolute Gasteiger partial charge is 0.0110 e. The van der Waals surface area contributed by atoms with E-state index in [1.807, 2.05) is 0 Å². The Bertz CT molecular complexity index is 913. The van der Waals surface area contributed by atoms with Crippen molar-refractivity contribution in [1.29, 1.82) is 0 Å². The monoisotopic (exact) mass is 972 g/mol. The molecule has 0 N–H and O–H groups in total. The lowest BCUT2D eigenvalue weighted by Crippen LogP contribution is -2.50. The van der Waals surface area contributed by atoms with E-state index in [1.165, 1.54) is 381 Å². The predicted molar refractivity (Wildman–Crippen MR) is 314 cm³/mol. The van der Waals surface area contributed by atoms with E-state index in [0.717, 1.165) is 0 Å². The van der Waals surface area contributed by atoms with E-state index in [4.69, 9.17) is 0 Å². The van der Waals surface area contributed by atoms with Gasteiger partial charge >= 0.3 is 0 Å². The average Bonchev–Trinajstić information content (AvgIpc) is 3.36. The van der Waals surface area contributed by atoms with Gasteiger partial charge in [-0.3, -0.25) is 9.80 Å². The van der Waals surface area contributed by atoms with Crippen LogP contribution in [0.1, 0.15) is 317 Å². The third kappa shape index (κ3) is 47.3. The molecule has 1 heterocycles. The minimum absolute atomic E-state index is 1.27. The molecule has 0 atom stereocenters. The molecule has 1 aliphatic heterocycles. The fourth-order valence-electron chi connectivity index (χ4n) is 11.1. The van der Waals surface area contributed by atoms with Crippen LogP contribution in [-0.2, 0) is 0 Å². The van der Waals surface area contributed by atoms with Crippen molar-refractivity contribution in [1.82, 2.24) is 24.5 Å². The lowest BCUT2D eigenvalue weighted by molar-refractivity contribution is 0.104. The summed E-state index contributed by atoms with van der Waals surface area (Å²) < 4.78 is 0. The highest BCUT2D eigenvalue weighted by Crippen LogP contribution is 2.16. The van der Waals surface area contributed by atoms with Crippen LogP contribution in [0.4, 0.5) is 0 Å². The first-order valence-electron chi connectivity index (χ1n) is 32.8. The van der Waals surface area contributed by atoms with Gasteiger partial charge in [-0.1, -0.05) is 285 Å². The van der Waals surface area contributed by atoms with Crippen molar-refractivity contribution >= 4 is 0 Å². The summed E-state index contributed by atoms with van der Waals surface area (Å²) in [6.45, 7) is 31.0. The molecule has 0 radical (unpaired) electrons. The van der Waals surface area contributed by atoms with Crippen LogP contribution in [0, 0.1) is 0 Å². The predicted octanol–water partition coefficient (Wildman–Crippen LogP) is 18.8. The van der Waals surface area contributed by atoms with Gasteiger partial charge in [-0.2, -0.15) is 0 Å². The summed E-state index contributed by atoms with van der Waals surface area (Å²) in [5.41, 5.74) is 0. The first kappa shape index (κ1) is 66.8. The molecule has 0 unspecified atom stereocenters. The minimum atomic E-state index is 1.27. The van der Waals surface area contributed by atoms with E-state index >= 15 is 0 Å². The van der Waals surface area contributed by atoms with Crippen LogP contribution in [0.5, 0.6) is 0 Å². The number of piperazine rings is 1. The first-order chi connectivity index (χ1) is 34.2. The van der Waals surface area contributed by atoms with Gasteiger partial charge in [0.1, 0.15) is 0 Å². The van der Waals surface area contributed by atoms with Crippen LogP contribution >= 0.6 is 0 Å².